The average Bonchev–Trinajstić information content (AvgIpc) is 3.94. The van der Waals surface area contributed by atoms with Crippen LogP contribution in [-0.2, 0) is 31.4 Å². The first-order valence-electron chi connectivity index (χ1n) is 20.2. The van der Waals surface area contributed by atoms with Crippen molar-refractivity contribution in [1.82, 2.24) is 24.4 Å². The van der Waals surface area contributed by atoms with Gasteiger partial charge in [-0.15, -0.1) is 0 Å². The summed E-state index contributed by atoms with van der Waals surface area (Å²) in [6, 6.07) is 16.2. The summed E-state index contributed by atoms with van der Waals surface area (Å²) in [7, 11) is 4.98. The number of nitrogens with zero attached hydrogens (tertiary/aromatic N) is 5. The van der Waals surface area contributed by atoms with E-state index in [2.05, 4.69) is 30.8 Å². The molecular weight excluding hydrogens is 784 g/mol. The molecule has 0 spiro atoms. The van der Waals surface area contributed by atoms with E-state index < -0.39 is 17.3 Å². The number of hydrogen-bond acceptors (Lipinski definition) is 10. The van der Waals surface area contributed by atoms with E-state index in [1.807, 2.05) is 54.9 Å². The molecule has 2 saturated carbocycles. The molecule has 3 aromatic heterocycles. The Hall–Kier alpha value is -5.99. The van der Waals surface area contributed by atoms with Crippen molar-refractivity contribution in [3.63, 3.8) is 0 Å². The number of carboxylic acid groups (broad SMARTS) is 1. The van der Waals surface area contributed by atoms with Crippen LogP contribution in [-0.4, -0.2) is 74.6 Å². The van der Waals surface area contributed by atoms with Crippen LogP contribution in [0.1, 0.15) is 82.1 Å². The summed E-state index contributed by atoms with van der Waals surface area (Å²) >= 11 is 7.02. The molecule has 0 saturated heterocycles. The molecule has 4 heterocycles. The van der Waals surface area contributed by atoms with Gasteiger partial charge in [-0.05, 0) is 86.7 Å². The SMILES string of the molecule is COc1cc(NCc2cnc(C(=O)Nc3cccc(-c4cccc(NC(=O)c5nc6c(n5C)CCN(CCC57CCC(C(=O)O)(CC5)C7)C6)c4Cl)c3C)cc2OC)ccn1. The minimum atomic E-state index is -0.630. The summed E-state index contributed by atoms with van der Waals surface area (Å²) < 4.78 is 12.7. The number of carbonyl (C=O) groups is 3. The molecule has 4 N–H and O–H groups in total. The van der Waals surface area contributed by atoms with Gasteiger partial charge in [0.15, 0.2) is 5.82 Å². The zero-order valence-electron chi connectivity index (χ0n) is 34.2. The van der Waals surface area contributed by atoms with Crippen LogP contribution in [0.25, 0.3) is 11.1 Å². The molecule has 2 amide bonds. The molecular formula is C45H49ClN8O6. The Bertz CT molecular complexity index is 2480. The van der Waals surface area contributed by atoms with Crippen LogP contribution >= 0.6 is 11.6 Å². The number of carboxylic acids is 1. The fourth-order valence-corrected chi connectivity index (χ4v) is 9.61. The topological polar surface area (TPSA) is 173 Å². The number of rotatable bonds is 14. The highest BCUT2D eigenvalue weighted by Crippen LogP contribution is 2.63. The Balaban J connectivity index is 0.920. The number of halogens is 1. The number of aromatic nitrogens is 4. The maximum Gasteiger partial charge on any atom is 0.309 e. The van der Waals surface area contributed by atoms with E-state index in [0.717, 1.165) is 91.8 Å². The van der Waals surface area contributed by atoms with Crippen molar-refractivity contribution in [2.45, 2.75) is 65.0 Å². The summed E-state index contributed by atoms with van der Waals surface area (Å²) in [5.74, 6) is -0.0960. The van der Waals surface area contributed by atoms with Crippen LogP contribution in [0.4, 0.5) is 17.1 Å². The average molecular weight is 833 g/mol. The first-order valence-corrected chi connectivity index (χ1v) is 20.6. The first-order chi connectivity index (χ1) is 28.9. The number of benzene rings is 2. The van der Waals surface area contributed by atoms with Gasteiger partial charge in [0.1, 0.15) is 11.4 Å². The lowest BCUT2D eigenvalue weighted by atomic mass is 9.80. The van der Waals surface area contributed by atoms with Crippen molar-refractivity contribution in [3.05, 3.63) is 106 Å². The summed E-state index contributed by atoms with van der Waals surface area (Å²) in [6.45, 7) is 4.70. The van der Waals surface area contributed by atoms with E-state index in [9.17, 15) is 19.5 Å². The van der Waals surface area contributed by atoms with Crippen molar-refractivity contribution in [3.8, 4) is 22.8 Å². The monoisotopic (exact) mass is 832 g/mol. The Morgan fingerprint density at radius 2 is 1.68 bits per heavy atom. The van der Waals surface area contributed by atoms with Gasteiger partial charge < -0.3 is 35.1 Å². The van der Waals surface area contributed by atoms with Gasteiger partial charge in [0.05, 0.1) is 36.0 Å². The Morgan fingerprint density at radius 3 is 2.42 bits per heavy atom. The summed E-state index contributed by atoms with van der Waals surface area (Å²) in [5, 5.41) is 19.5. The summed E-state index contributed by atoms with van der Waals surface area (Å²) in [6.07, 6.45) is 9.38. The Morgan fingerprint density at radius 1 is 0.933 bits per heavy atom. The van der Waals surface area contributed by atoms with E-state index in [-0.39, 0.29) is 17.0 Å². The van der Waals surface area contributed by atoms with Crippen LogP contribution in [0.15, 0.2) is 67.0 Å². The summed E-state index contributed by atoms with van der Waals surface area (Å²) in [4.78, 5) is 55.0. The van der Waals surface area contributed by atoms with Gasteiger partial charge in [-0.3, -0.25) is 24.3 Å². The Kier molecular flexibility index (Phi) is 11.3. The second-order valence-corrected chi connectivity index (χ2v) is 16.7. The van der Waals surface area contributed by atoms with Crippen LogP contribution in [0.5, 0.6) is 11.6 Å². The largest absolute Gasteiger partial charge is 0.496 e. The van der Waals surface area contributed by atoms with Gasteiger partial charge >= 0.3 is 5.97 Å². The number of ether oxygens (including phenoxy) is 2. The van der Waals surface area contributed by atoms with Crippen molar-refractivity contribution >= 4 is 46.4 Å². The number of carbonyl (C=O) groups excluding carboxylic acids is 2. The molecule has 14 nitrogen and oxygen atoms in total. The van der Waals surface area contributed by atoms with Gasteiger partial charge in [0, 0.05) is 85.8 Å². The highest BCUT2D eigenvalue weighted by molar-refractivity contribution is 6.36. The van der Waals surface area contributed by atoms with Crippen molar-refractivity contribution in [1.29, 1.82) is 0 Å². The quantitative estimate of drug-likeness (QED) is 0.0862. The first kappa shape index (κ1) is 40.8. The molecule has 312 valence electrons. The lowest BCUT2D eigenvalue weighted by molar-refractivity contribution is -0.148. The minimum Gasteiger partial charge on any atom is -0.496 e. The number of fused-ring (bicyclic) bond motifs is 3. The molecule has 60 heavy (non-hydrogen) atoms. The van der Waals surface area contributed by atoms with Crippen molar-refractivity contribution in [2.75, 3.05) is 43.3 Å². The lowest BCUT2D eigenvalue weighted by Gasteiger charge is -2.32. The highest BCUT2D eigenvalue weighted by atomic mass is 35.5. The van der Waals surface area contributed by atoms with Crippen LogP contribution in [0.2, 0.25) is 5.02 Å². The van der Waals surface area contributed by atoms with Crippen molar-refractivity contribution < 1.29 is 29.0 Å². The standard InChI is InChI=1S/C45H49ClN8O6/c1-27-30(7-5-9-32(27)51-41(55)34-22-37(59-3)28(24-49-34)23-48-29-11-18-47-38(21-29)60-4)31-8-6-10-33(39(31)46)52-42(56)40-50-35-25-54(19-12-36(35)53(40)2)20-17-44-13-15-45(26-44,16-14-44)43(57)58/h5-11,18,21-22,24H,12-17,19-20,23,25-26H2,1-4H3,(H,47,48)(H,51,55)(H,52,56)(H,57,58). The van der Waals surface area contributed by atoms with E-state index in [1.54, 1.807) is 44.8 Å². The minimum absolute atomic E-state index is 0.130. The molecule has 3 aliphatic rings. The Labute approximate surface area is 353 Å². The molecule has 2 aromatic carbocycles. The molecule has 2 bridgehead atoms. The van der Waals surface area contributed by atoms with Gasteiger partial charge in [-0.2, -0.15) is 0 Å². The molecule has 2 fully saturated rings. The molecule has 0 radical (unpaired) electrons. The van der Waals surface area contributed by atoms with E-state index in [0.29, 0.717) is 52.5 Å². The number of aliphatic carboxylic acids is 1. The number of imidazole rings is 1. The summed E-state index contributed by atoms with van der Waals surface area (Å²) in [5.41, 5.74) is 6.56. The predicted octanol–water partition coefficient (Wildman–Crippen LogP) is 7.76. The molecule has 1 aliphatic heterocycles. The van der Waals surface area contributed by atoms with Crippen LogP contribution in [0.3, 0.4) is 0 Å². The van der Waals surface area contributed by atoms with Gasteiger partial charge in [0.25, 0.3) is 11.8 Å². The maximum atomic E-state index is 13.8. The zero-order chi connectivity index (χ0) is 42.2. The molecule has 0 unspecified atom stereocenters. The fourth-order valence-electron chi connectivity index (χ4n) is 9.33. The number of hydrogen-bond donors (Lipinski definition) is 4. The third-order valence-corrected chi connectivity index (χ3v) is 13.3. The predicted molar refractivity (Wildman–Crippen MR) is 229 cm³/mol. The second-order valence-electron chi connectivity index (χ2n) is 16.3. The molecule has 0 atom stereocenters. The van der Waals surface area contributed by atoms with E-state index in [1.165, 1.54) is 0 Å². The number of anilines is 3. The third-order valence-electron chi connectivity index (χ3n) is 12.9. The normalized spacial score (nSPS) is 19.4. The lowest BCUT2D eigenvalue weighted by Crippen LogP contribution is -2.34. The fraction of sp³-hybridized carbons (Fsp3) is 0.378. The zero-order valence-corrected chi connectivity index (χ0v) is 35.0. The highest BCUT2D eigenvalue weighted by Gasteiger charge is 2.57. The number of amides is 2. The second kappa shape index (κ2) is 16.6. The molecule has 2 aliphatic carbocycles. The smallest absolute Gasteiger partial charge is 0.309 e. The van der Waals surface area contributed by atoms with Gasteiger partial charge in [-0.25, -0.2) is 9.97 Å². The molecule has 8 rings (SSSR count). The third kappa shape index (κ3) is 7.88. The number of pyridine rings is 2. The maximum absolute atomic E-state index is 13.8. The molecule has 5 aromatic rings. The number of methoxy groups -OCH3 is 2. The van der Waals surface area contributed by atoms with Gasteiger partial charge in [0.2, 0.25) is 5.88 Å². The van der Waals surface area contributed by atoms with E-state index in [4.69, 9.17) is 26.1 Å². The van der Waals surface area contributed by atoms with Crippen LogP contribution in [0, 0.1) is 17.8 Å². The van der Waals surface area contributed by atoms with Gasteiger partial charge in [-0.1, -0.05) is 35.9 Å². The number of nitrogens with one attached hydrogen (secondary N) is 3. The van der Waals surface area contributed by atoms with E-state index >= 15 is 0 Å². The molecule has 15 heteroatoms. The van der Waals surface area contributed by atoms with Crippen molar-refractivity contribution in [2.24, 2.45) is 17.9 Å². The van der Waals surface area contributed by atoms with Crippen LogP contribution < -0.4 is 25.4 Å².